The fraction of sp³-hybridized carbons (Fsp3) is 0.500. The number of amides is 2. The second-order valence-corrected chi connectivity index (χ2v) is 5.91. The highest BCUT2D eigenvalue weighted by atomic mass is 16.2. The van der Waals surface area contributed by atoms with Gasteiger partial charge in [-0.3, -0.25) is 4.79 Å². The van der Waals surface area contributed by atoms with Crippen LogP contribution in [0.5, 0.6) is 0 Å². The minimum atomic E-state index is -0.528. The highest BCUT2D eigenvalue weighted by Gasteiger charge is 2.50. The molecule has 1 aromatic rings. The van der Waals surface area contributed by atoms with Gasteiger partial charge in [0.25, 0.3) is 0 Å². The molecule has 0 saturated carbocycles. The number of nitrogens with zero attached hydrogens (tertiary/aromatic N) is 1. The zero-order valence-corrected chi connectivity index (χ0v) is 12.6. The van der Waals surface area contributed by atoms with Crippen molar-refractivity contribution in [3.8, 4) is 0 Å². The average molecular weight is 274 g/mol. The van der Waals surface area contributed by atoms with Crippen molar-refractivity contribution in [3.63, 3.8) is 0 Å². The molecule has 108 valence electrons. The summed E-state index contributed by atoms with van der Waals surface area (Å²) in [4.78, 5) is 25.8. The normalized spacial score (nSPS) is 16.8. The number of likely N-dealkylation sites (tertiary alicyclic amines) is 1. The molecule has 1 saturated heterocycles. The predicted octanol–water partition coefficient (Wildman–Crippen LogP) is 2.26. The Morgan fingerprint density at radius 3 is 2.35 bits per heavy atom. The minimum Gasteiger partial charge on any atom is -0.336 e. The fourth-order valence-corrected chi connectivity index (χ4v) is 2.78. The van der Waals surface area contributed by atoms with Gasteiger partial charge in [-0.05, 0) is 38.8 Å². The maximum atomic E-state index is 12.1. The van der Waals surface area contributed by atoms with Crippen molar-refractivity contribution in [2.75, 3.05) is 13.1 Å². The van der Waals surface area contributed by atoms with Crippen LogP contribution in [0.25, 0.3) is 0 Å². The van der Waals surface area contributed by atoms with Crippen LogP contribution >= 0.6 is 0 Å². The van der Waals surface area contributed by atoms with Crippen molar-refractivity contribution in [2.24, 2.45) is 0 Å². The molecule has 0 atom stereocenters. The van der Waals surface area contributed by atoms with Gasteiger partial charge in [0.1, 0.15) is 5.78 Å². The van der Waals surface area contributed by atoms with E-state index in [2.05, 4.69) is 5.32 Å². The van der Waals surface area contributed by atoms with E-state index in [9.17, 15) is 9.59 Å². The standard InChI is InChI=1S/C16H22N2O2/c1-11(2)17-15(20)18-9-16(10-18,13(4)19)14-8-6-5-7-12(14)3/h5-8,11H,9-10H2,1-4H3,(H,17,20). The zero-order chi connectivity index (χ0) is 14.9. The largest absolute Gasteiger partial charge is 0.336 e. The number of hydrogen-bond acceptors (Lipinski definition) is 2. The monoisotopic (exact) mass is 274 g/mol. The molecule has 2 rings (SSSR count). The van der Waals surface area contributed by atoms with E-state index in [-0.39, 0.29) is 17.9 Å². The first-order valence-electron chi connectivity index (χ1n) is 6.99. The number of nitrogens with one attached hydrogen (secondary N) is 1. The van der Waals surface area contributed by atoms with Crippen LogP contribution in [-0.4, -0.2) is 35.8 Å². The van der Waals surface area contributed by atoms with Gasteiger partial charge in [-0.15, -0.1) is 0 Å². The number of carbonyl (C=O) groups excluding carboxylic acids is 2. The third-order valence-electron chi connectivity index (χ3n) is 3.96. The number of benzene rings is 1. The van der Waals surface area contributed by atoms with E-state index in [1.165, 1.54) is 0 Å². The van der Waals surface area contributed by atoms with Crippen LogP contribution < -0.4 is 5.32 Å². The van der Waals surface area contributed by atoms with Crippen molar-refractivity contribution in [2.45, 2.75) is 39.2 Å². The van der Waals surface area contributed by atoms with Gasteiger partial charge >= 0.3 is 6.03 Å². The molecule has 0 bridgehead atoms. The number of aryl methyl sites for hydroxylation is 1. The Morgan fingerprint density at radius 1 is 1.25 bits per heavy atom. The Morgan fingerprint density at radius 2 is 1.85 bits per heavy atom. The van der Waals surface area contributed by atoms with Gasteiger partial charge in [0, 0.05) is 19.1 Å². The number of carbonyl (C=O) groups is 2. The lowest BCUT2D eigenvalue weighted by Crippen LogP contribution is -2.66. The summed E-state index contributed by atoms with van der Waals surface area (Å²) in [6, 6.07) is 7.93. The van der Waals surface area contributed by atoms with Crippen molar-refractivity contribution < 1.29 is 9.59 Å². The zero-order valence-electron chi connectivity index (χ0n) is 12.6. The first kappa shape index (κ1) is 14.6. The quantitative estimate of drug-likeness (QED) is 0.919. The van der Waals surface area contributed by atoms with Crippen molar-refractivity contribution >= 4 is 11.8 Å². The van der Waals surface area contributed by atoms with E-state index < -0.39 is 5.41 Å². The lowest BCUT2D eigenvalue weighted by Gasteiger charge is -2.49. The van der Waals surface area contributed by atoms with E-state index in [1.807, 2.05) is 45.0 Å². The van der Waals surface area contributed by atoms with Crippen molar-refractivity contribution in [1.82, 2.24) is 10.2 Å². The molecule has 1 fully saturated rings. The molecule has 1 aliphatic rings. The fourth-order valence-electron chi connectivity index (χ4n) is 2.78. The van der Waals surface area contributed by atoms with Gasteiger partial charge < -0.3 is 10.2 Å². The first-order chi connectivity index (χ1) is 9.36. The van der Waals surface area contributed by atoms with Crippen LogP contribution in [0.4, 0.5) is 4.79 Å². The molecular formula is C16H22N2O2. The molecule has 4 heteroatoms. The van der Waals surface area contributed by atoms with E-state index >= 15 is 0 Å². The van der Waals surface area contributed by atoms with Crippen LogP contribution in [0.1, 0.15) is 31.9 Å². The minimum absolute atomic E-state index is 0.0922. The molecule has 20 heavy (non-hydrogen) atoms. The molecular weight excluding hydrogens is 252 g/mol. The molecule has 4 nitrogen and oxygen atoms in total. The van der Waals surface area contributed by atoms with E-state index in [0.717, 1.165) is 11.1 Å². The Labute approximate surface area is 120 Å². The Bertz CT molecular complexity index is 531. The average Bonchev–Trinajstić information content (AvgIpc) is 2.28. The maximum absolute atomic E-state index is 12.1. The summed E-state index contributed by atoms with van der Waals surface area (Å²) < 4.78 is 0. The Hall–Kier alpha value is -1.84. The Kier molecular flexibility index (Phi) is 3.84. The van der Waals surface area contributed by atoms with Crippen molar-refractivity contribution in [3.05, 3.63) is 35.4 Å². The molecule has 1 N–H and O–H groups in total. The third-order valence-corrected chi connectivity index (χ3v) is 3.96. The molecule has 0 aromatic heterocycles. The van der Waals surface area contributed by atoms with Crippen LogP contribution in [0, 0.1) is 6.92 Å². The highest BCUT2D eigenvalue weighted by Crippen LogP contribution is 2.37. The lowest BCUT2D eigenvalue weighted by atomic mass is 9.69. The molecule has 2 amide bonds. The predicted molar refractivity (Wildman–Crippen MR) is 78.8 cm³/mol. The molecule has 0 aliphatic carbocycles. The number of ketones is 1. The Balaban J connectivity index is 2.19. The van der Waals surface area contributed by atoms with E-state index in [1.54, 1.807) is 11.8 Å². The second kappa shape index (κ2) is 5.27. The summed E-state index contributed by atoms with van der Waals surface area (Å²) in [5.41, 5.74) is 1.62. The van der Waals surface area contributed by atoms with Crippen LogP contribution in [0.15, 0.2) is 24.3 Å². The van der Waals surface area contributed by atoms with Crippen LogP contribution in [0.3, 0.4) is 0 Å². The van der Waals surface area contributed by atoms with Gasteiger partial charge in [0.2, 0.25) is 0 Å². The summed E-state index contributed by atoms with van der Waals surface area (Å²) in [7, 11) is 0. The van der Waals surface area contributed by atoms with Gasteiger partial charge in [-0.25, -0.2) is 4.79 Å². The summed E-state index contributed by atoms with van der Waals surface area (Å²) >= 11 is 0. The third kappa shape index (κ3) is 2.42. The number of rotatable bonds is 3. The molecule has 0 spiro atoms. The summed E-state index contributed by atoms with van der Waals surface area (Å²) in [5, 5.41) is 2.86. The van der Waals surface area contributed by atoms with E-state index in [4.69, 9.17) is 0 Å². The highest BCUT2D eigenvalue weighted by molar-refractivity contribution is 5.92. The van der Waals surface area contributed by atoms with Gasteiger partial charge in [0.05, 0.1) is 5.41 Å². The maximum Gasteiger partial charge on any atom is 0.317 e. The molecule has 0 unspecified atom stereocenters. The van der Waals surface area contributed by atoms with Crippen LogP contribution in [0.2, 0.25) is 0 Å². The van der Waals surface area contributed by atoms with Gasteiger partial charge in [-0.2, -0.15) is 0 Å². The summed E-state index contributed by atoms with van der Waals surface area (Å²) in [6.45, 7) is 8.41. The van der Waals surface area contributed by atoms with Gasteiger partial charge in [-0.1, -0.05) is 24.3 Å². The SMILES string of the molecule is CC(=O)C1(c2ccccc2C)CN(C(=O)NC(C)C)C1. The second-order valence-electron chi connectivity index (χ2n) is 5.91. The molecule has 1 aromatic carbocycles. The molecule has 1 heterocycles. The van der Waals surface area contributed by atoms with Crippen molar-refractivity contribution in [1.29, 1.82) is 0 Å². The van der Waals surface area contributed by atoms with E-state index in [0.29, 0.717) is 13.1 Å². The smallest absolute Gasteiger partial charge is 0.317 e. The number of Topliss-reactive ketones (excluding diaryl/α,β-unsaturated/α-hetero) is 1. The summed E-state index contributed by atoms with van der Waals surface area (Å²) in [5.74, 6) is 0.125. The number of hydrogen-bond donors (Lipinski definition) is 1. The lowest BCUT2D eigenvalue weighted by molar-refractivity contribution is -0.127. The van der Waals surface area contributed by atoms with Crippen LogP contribution in [-0.2, 0) is 10.2 Å². The van der Waals surface area contributed by atoms with Gasteiger partial charge in [0.15, 0.2) is 0 Å². The topological polar surface area (TPSA) is 49.4 Å². The molecule has 1 aliphatic heterocycles. The molecule has 0 radical (unpaired) electrons. The number of urea groups is 1. The summed E-state index contributed by atoms with van der Waals surface area (Å²) in [6.07, 6.45) is 0. The first-order valence-corrected chi connectivity index (χ1v) is 6.99.